The van der Waals surface area contributed by atoms with E-state index in [0.29, 0.717) is 18.7 Å². The number of nitrogens with one attached hydrogen (secondary N) is 2. The van der Waals surface area contributed by atoms with Crippen molar-refractivity contribution in [2.24, 2.45) is 0 Å². The van der Waals surface area contributed by atoms with Crippen LogP contribution >= 0.6 is 0 Å². The summed E-state index contributed by atoms with van der Waals surface area (Å²) in [5.41, 5.74) is 3.10. The SMILES string of the molecule is CC(C)(C#N)NC(=O)c1cccc(-c2cnc3[nH]c(-c4cnn(CCC#N)c4)cc3c2)n1. The van der Waals surface area contributed by atoms with Crippen LogP contribution in [0.1, 0.15) is 30.8 Å². The molecule has 0 atom stereocenters. The van der Waals surface area contributed by atoms with Gasteiger partial charge in [-0.2, -0.15) is 15.6 Å². The molecule has 0 aliphatic heterocycles. The summed E-state index contributed by atoms with van der Waals surface area (Å²) in [4.78, 5) is 24.7. The van der Waals surface area contributed by atoms with Gasteiger partial charge < -0.3 is 10.3 Å². The van der Waals surface area contributed by atoms with Crippen molar-refractivity contribution in [1.82, 2.24) is 30.0 Å². The van der Waals surface area contributed by atoms with E-state index in [0.717, 1.165) is 27.9 Å². The summed E-state index contributed by atoms with van der Waals surface area (Å²) in [6.07, 6.45) is 5.73. The first-order valence-electron chi connectivity index (χ1n) is 9.98. The van der Waals surface area contributed by atoms with Crippen molar-refractivity contribution in [3.63, 3.8) is 0 Å². The lowest BCUT2D eigenvalue weighted by molar-refractivity contribution is 0.0924. The first kappa shape index (κ1) is 20.8. The number of pyridine rings is 2. The van der Waals surface area contributed by atoms with Gasteiger partial charge in [0.1, 0.15) is 16.9 Å². The first-order chi connectivity index (χ1) is 15.4. The maximum atomic E-state index is 12.5. The van der Waals surface area contributed by atoms with E-state index in [-0.39, 0.29) is 5.69 Å². The number of nitrogens with zero attached hydrogens (tertiary/aromatic N) is 6. The number of hydrogen-bond acceptors (Lipinski definition) is 6. The number of aryl methyl sites for hydroxylation is 1. The molecule has 2 N–H and O–H groups in total. The fraction of sp³-hybridized carbons (Fsp3) is 0.217. The second-order valence-electron chi connectivity index (χ2n) is 7.84. The van der Waals surface area contributed by atoms with E-state index in [9.17, 15) is 4.79 Å². The highest BCUT2D eigenvalue weighted by atomic mass is 16.2. The normalized spacial score (nSPS) is 11.1. The van der Waals surface area contributed by atoms with E-state index in [1.807, 2.05) is 30.5 Å². The van der Waals surface area contributed by atoms with Gasteiger partial charge in [0.2, 0.25) is 0 Å². The quantitative estimate of drug-likeness (QED) is 0.487. The Morgan fingerprint density at radius 1 is 1.22 bits per heavy atom. The standard InChI is InChI=1S/C23H20N8O/c1-23(2,14-25)30-22(32)19-6-3-5-18(28-19)16-9-15-10-20(29-21(15)26-11-16)17-12-27-31(13-17)8-4-7-24/h3,5-6,9-13H,4,8H2,1-2H3,(H,26,29)(H,30,32). The monoisotopic (exact) mass is 424 g/mol. The molecule has 0 saturated heterocycles. The fourth-order valence-electron chi connectivity index (χ4n) is 3.20. The molecule has 32 heavy (non-hydrogen) atoms. The minimum atomic E-state index is -0.987. The molecule has 158 valence electrons. The number of aromatic nitrogens is 5. The van der Waals surface area contributed by atoms with Gasteiger partial charge in [-0.05, 0) is 38.1 Å². The molecule has 9 heteroatoms. The minimum Gasteiger partial charge on any atom is -0.339 e. The van der Waals surface area contributed by atoms with Gasteiger partial charge in [-0.3, -0.25) is 9.48 Å². The summed E-state index contributed by atoms with van der Waals surface area (Å²) in [7, 11) is 0. The van der Waals surface area contributed by atoms with Crippen molar-refractivity contribution in [1.29, 1.82) is 10.5 Å². The zero-order chi connectivity index (χ0) is 22.7. The molecule has 4 heterocycles. The van der Waals surface area contributed by atoms with Gasteiger partial charge in [0.25, 0.3) is 5.91 Å². The summed E-state index contributed by atoms with van der Waals surface area (Å²) >= 11 is 0. The summed E-state index contributed by atoms with van der Waals surface area (Å²) in [6, 6.07) is 13.2. The van der Waals surface area contributed by atoms with Crippen molar-refractivity contribution in [3.05, 3.63) is 54.6 Å². The lowest BCUT2D eigenvalue weighted by Gasteiger charge is -2.17. The van der Waals surface area contributed by atoms with Crippen LogP contribution in [0.2, 0.25) is 0 Å². The Labute approximate surface area is 184 Å². The van der Waals surface area contributed by atoms with Crippen LogP contribution in [0.3, 0.4) is 0 Å². The largest absolute Gasteiger partial charge is 0.339 e. The predicted molar refractivity (Wildman–Crippen MR) is 118 cm³/mol. The molecule has 0 fully saturated rings. The fourth-order valence-corrected chi connectivity index (χ4v) is 3.20. The van der Waals surface area contributed by atoms with Crippen LogP contribution in [0.15, 0.2) is 48.9 Å². The van der Waals surface area contributed by atoms with E-state index in [2.05, 4.69) is 31.4 Å². The molecule has 0 aliphatic rings. The topological polar surface area (TPSA) is 136 Å². The van der Waals surface area contributed by atoms with Crippen LogP contribution in [-0.2, 0) is 6.54 Å². The molecule has 4 rings (SSSR count). The second kappa shape index (κ2) is 8.32. The summed E-state index contributed by atoms with van der Waals surface area (Å²) in [5.74, 6) is -0.412. The lowest BCUT2D eigenvalue weighted by atomic mass is 10.1. The summed E-state index contributed by atoms with van der Waals surface area (Å²) in [6.45, 7) is 3.80. The Balaban J connectivity index is 1.61. The van der Waals surface area contributed by atoms with E-state index < -0.39 is 11.4 Å². The number of nitriles is 2. The number of aromatic amines is 1. The Bertz CT molecular complexity index is 1380. The van der Waals surface area contributed by atoms with Crippen molar-refractivity contribution in [2.75, 3.05) is 0 Å². The maximum Gasteiger partial charge on any atom is 0.271 e. The summed E-state index contributed by atoms with van der Waals surface area (Å²) < 4.78 is 1.73. The lowest BCUT2D eigenvalue weighted by Crippen LogP contribution is -2.42. The third-order valence-electron chi connectivity index (χ3n) is 4.85. The average Bonchev–Trinajstić information content (AvgIpc) is 3.43. The third-order valence-corrected chi connectivity index (χ3v) is 4.85. The van der Waals surface area contributed by atoms with Crippen LogP contribution in [0.5, 0.6) is 0 Å². The Morgan fingerprint density at radius 2 is 2.06 bits per heavy atom. The van der Waals surface area contributed by atoms with Gasteiger partial charge in [0, 0.05) is 28.9 Å². The number of H-pyrrole nitrogens is 1. The van der Waals surface area contributed by atoms with Crippen LogP contribution < -0.4 is 5.32 Å². The van der Waals surface area contributed by atoms with Crippen LogP contribution in [0.4, 0.5) is 0 Å². The molecule has 0 unspecified atom stereocenters. The molecule has 0 bridgehead atoms. The Kier molecular flexibility index (Phi) is 5.40. The number of carbonyl (C=O) groups is 1. The zero-order valence-corrected chi connectivity index (χ0v) is 17.6. The van der Waals surface area contributed by atoms with E-state index in [1.165, 1.54) is 0 Å². The van der Waals surface area contributed by atoms with Gasteiger partial charge in [0.05, 0.1) is 42.7 Å². The van der Waals surface area contributed by atoms with Crippen LogP contribution in [0.25, 0.3) is 33.5 Å². The minimum absolute atomic E-state index is 0.227. The van der Waals surface area contributed by atoms with Crippen LogP contribution in [0, 0.1) is 22.7 Å². The summed E-state index contributed by atoms with van der Waals surface area (Å²) in [5, 5.41) is 25.7. The zero-order valence-electron chi connectivity index (χ0n) is 17.6. The number of carbonyl (C=O) groups excluding carboxylic acids is 1. The molecule has 0 aromatic carbocycles. The molecule has 9 nitrogen and oxygen atoms in total. The Hall–Kier alpha value is -4.50. The molecular weight excluding hydrogens is 404 g/mol. The van der Waals surface area contributed by atoms with E-state index in [4.69, 9.17) is 10.5 Å². The van der Waals surface area contributed by atoms with Crippen LogP contribution in [-0.4, -0.2) is 36.2 Å². The number of hydrogen-bond donors (Lipinski definition) is 2. The van der Waals surface area contributed by atoms with Crippen molar-refractivity contribution in [3.8, 4) is 34.7 Å². The molecule has 4 aromatic rings. The predicted octanol–water partition coefficient (Wildman–Crippen LogP) is 3.43. The Morgan fingerprint density at radius 3 is 2.84 bits per heavy atom. The molecule has 0 spiro atoms. The van der Waals surface area contributed by atoms with E-state index >= 15 is 0 Å². The average molecular weight is 424 g/mol. The highest BCUT2D eigenvalue weighted by Gasteiger charge is 2.21. The highest BCUT2D eigenvalue weighted by Crippen LogP contribution is 2.26. The molecule has 0 aliphatic carbocycles. The van der Waals surface area contributed by atoms with E-state index in [1.54, 1.807) is 43.1 Å². The van der Waals surface area contributed by atoms with Gasteiger partial charge in [-0.15, -0.1) is 0 Å². The van der Waals surface area contributed by atoms with Gasteiger partial charge >= 0.3 is 0 Å². The maximum absolute atomic E-state index is 12.5. The highest BCUT2D eigenvalue weighted by molar-refractivity contribution is 5.94. The van der Waals surface area contributed by atoms with Crippen molar-refractivity contribution in [2.45, 2.75) is 32.4 Å². The number of fused-ring (bicyclic) bond motifs is 1. The first-order valence-corrected chi connectivity index (χ1v) is 9.98. The van der Waals surface area contributed by atoms with Crippen molar-refractivity contribution >= 4 is 16.9 Å². The molecule has 0 saturated carbocycles. The van der Waals surface area contributed by atoms with Gasteiger partial charge in [-0.1, -0.05) is 6.07 Å². The third kappa shape index (κ3) is 4.32. The molecule has 0 radical (unpaired) electrons. The van der Waals surface area contributed by atoms with Gasteiger partial charge in [0.15, 0.2) is 0 Å². The number of amides is 1. The molecule has 4 aromatic heterocycles. The molecule has 1 amide bonds. The molecular formula is C23H20N8O. The van der Waals surface area contributed by atoms with Gasteiger partial charge in [-0.25, -0.2) is 9.97 Å². The van der Waals surface area contributed by atoms with Crippen molar-refractivity contribution < 1.29 is 4.79 Å². The second-order valence-corrected chi connectivity index (χ2v) is 7.84. The number of rotatable bonds is 6. The smallest absolute Gasteiger partial charge is 0.271 e.